The number of hydrogen-bond donors (Lipinski definition) is 1. The fourth-order valence-electron chi connectivity index (χ4n) is 5.00. The van der Waals surface area contributed by atoms with Gasteiger partial charge in [0.15, 0.2) is 10.7 Å². The average molecular weight is 545 g/mol. The molecule has 4 aromatic rings. The van der Waals surface area contributed by atoms with Crippen molar-refractivity contribution in [3.05, 3.63) is 102 Å². The third-order valence-corrected chi connectivity index (χ3v) is 9.00. The van der Waals surface area contributed by atoms with Gasteiger partial charge in [0.05, 0.1) is 15.8 Å². The average Bonchev–Trinajstić information content (AvgIpc) is 3.66. The molecule has 2 aliphatic rings. The lowest BCUT2D eigenvalue weighted by Crippen LogP contribution is -2.40. The molecular formula is C29H28N4O3S2. The topological polar surface area (TPSA) is 79.8 Å². The zero-order valence-electron chi connectivity index (χ0n) is 21.2. The van der Waals surface area contributed by atoms with Gasteiger partial charge in [-0.05, 0) is 55.3 Å². The van der Waals surface area contributed by atoms with Gasteiger partial charge in [-0.15, -0.1) is 11.3 Å². The summed E-state index contributed by atoms with van der Waals surface area (Å²) in [5.74, 6) is 1.94. The molecule has 194 valence electrons. The number of allylic oxidation sites excluding steroid dienone is 1. The van der Waals surface area contributed by atoms with Crippen LogP contribution in [-0.2, 0) is 4.79 Å². The maximum Gasteiger partial charge on any atom is 0.271 e. The summed E-state index contributed by atoms with van der Waals surface area (Å²) < 4.78 is 8.29. The molecule has 0 bridgehead atoms. The maximum atomic E-state index is 13.8. The summed E-state index contributed by atoms with van der Waals surface area (Å²) in [6.07, 6.45) is 4.09. The number of thiophene rings is 1. The molecule has 1 amide bonds. The minimum Gasteiger partial charge on any atom is -0.441 e. The number of para-hydroxylation sites is 1. The Morgan fingerprint density at radius 3 is 2.63 bits per heavy atom. The molecule has 0 saturated carbocycles. The van der Waals surface area contributed by atoms with Gasteiger partial charge in [-0.2, -0.15) is 0 Å². The van der Waals surface area contributed by atoms with E-state index < -0.39 is 6.04 Å². The number of piperidine rings is 1. The van der Waals surface area contributed by atoms with Gasteiger partial charge in [0.2, 0.25) is 0 Å². The first-order valence-electron chi connectivity index (χ1n) is 12.7. The fourth-order valence-corrected chi connectivity index (χ4v) is 6.85. The first-order valence-corrected chi connectivity index (χ1v) is 14.4. The first-order chi connectivity index (χ1) is 18.5. The molecule has 0 radical (unpaired) electrons. The van der Waals surface area contributed by atoms with Crippen LogP contribution >= 0.6 is 22.7 Å². The molecule has 38 heavy (non-hydrogen) atoms. The number of amides is 1. The summed E-state index contributed by atoms with van der Waals surface area (Å²) >= 11 is 2.84. The van der Waals surface area contributed by atoms with Crippen LogP contribution in [0.3, 0.4) is 0 Å². The highest BCUT2D eigenvalue weighted by molar-refractivity contribution is 7.10. The molecule has 0 aliphatic carbocycles. The summed E-state index contributed by atoms with van der Waals surface area (Å²) in [7, 11) is 0. The number of benzene rings is 1. The number of fused-ring (bicyclic) bond motifs is 1. The molecule has 1 fully saturated rings. The van der Waals surface area contributed by atoms with Crippen molar-refractivity contribution in [1.82, 2.24) is 4.57 Å². The van der Waals surface area contributed by atoms with E-state index in [1.807, 2.05) is 66.9 Å². The Labute approximate surface area is 228 Å². The molecule has 1 saturated heterocycles. The van der Waals surface area contributed by atoms with Gasteiger partial charge in [0.1, 0.15) is 11.8 Å². The number of furan rings is 1. The second-order valence-electron chi connectivity index (χ2n) is 9.76. The van der Waals surface area contributed by atoms with Crippen LogP contribution in [0.1, 0.15) is 43.4 Å². The van der Waals surface area contributed by atoms with Crippen LogP contribution < -0.4 is 25.1 Å². The summed E-state index contributed by atoms with van der Waals surface area (Å²) in [5, 5.41) is 4.93. The molecule has 9 heteroatoms. The van der Waals surface area contributed by atoms with Gasteiger partial charge < -0.3 is 14.6 Å². The Kier molecular flexibility index (Phi) is 6.63. The van der Waals surface area contributed by atoms with Crippen LogP contribution in [0.25, 0.3) is 6.08 Å². The number of hydrogen-bond acceptors (Lipinski definition) is 7. The standard InChI is InChI=1S/C29H28N4O3S2/c1-18-12-14-32(15-13-18)24-11-10-21(36-24)17-23-28(35)33-26(22-9-6-16-37-22)25(19(2)30-29(33)38-23)27(34)31-20-7-4-3-5-8-20/h3-11,16-18,26H,12-15H2,1-2H3,(H,31,34)/b23-17+/t26-/m1/s1. The van der Waals surface area contributed by atoms with Crippen LogP contribution in [0.5, 0.6) is 0 Å². The number of aromatic nitrogens is 1. The molecule has 5 heterocycles. The van der Waals surface area contributed by atoms with E-state index in [1.165, 1.54) is 22.7 Å². The van der Waals surface area contributed by atoms with E-state index in [4.69, 9.17) is 9.41 Å². The number of carbonyl (C=O) groups excluding carboxylic acids is 1. The molecular weight excluding hydrogens is 516 g/mol. The van der Waals surface area contributed by atoms with Crippen molar-refractivity contribution in [2.24, 2.45) is 10.9 Å². The smallest absolute Gasteiger partial charge is 0.271 e. The SMILES string of the molecule is CC1=C(C(=O)Nc2ccccc2)[C@@H](c2cccs2)n2c(s/c(=C/c3ccc(N4CCC(C)CC4)o3)c2=O)=N1. The van der Waals surface area contributed by atoms with Crippen LogP contribution in [0, 0.1) is 5.92 Å². The molecule has 0 spiro atoms. The maximum absolute atomic E-state index is 13.8. The fraction of sp³-hybridized carbons (Fsp3) is 0.276. The highest BCUT2D eigenvalue weighted by atomic mass is 32.1. The zero-order valence-corrected chi connectivity index (χ0v) is 22.8. The predicted octanol–water partition coefficient (Wildman–Crippen LogP) is 4.76. The van der Waals surface area contributed by atoms with Gasteiger partial charge in [0, 0.05) is 35.8 Å². The Bertz CT molecular complexity index is 1670. The van der Waals surface area contributed by atoms with E-state index in [9.17, 15) is 9.59 Å². The van der Waals surface area contributed by atoms with Crippen LogP contribution in [0.4, 0.5) is 11.6 Å². The third-order valence-electron chi connectivity index (χ3n) is 7.09. The van der Waals surface area contributed by atoms with Gasteiger partial charge in [-0.1, -0.05) is 42.5 Å². The molecule has 1 N–H and O–H groups in total. The molecule has 1 aromatic carbocycles. The number of nitrogens with one attached hydrogen (secondary N) is 1. The number of nitrogens with zero attached hydrogens (tertiary/aromatic N) is 3. The van der Waals surface area contributed by atoms with Gasteiger partial charge in [0.25, 0.3) is 11.5 Å². The normalized spacial score (nSPS) is 18.4. The summed E-state index contributed by atoms with van der Waals surface area (Å²) in [6.45, 7) is 6.07. The zero-order chi connectivity index (χ0) is 26.2. The second kappa shape index (κ2) is 10.2. The van der Waals surface area contributed by atoms with E-state index in [0.29, 0.717) is 32.1 Å². The van der Waals surface area contributed by atoms with E-state index in [-0.39, 0.29) is 11.5 Å². The van der Waals surface area contributed by atoms with Crippen molar-refractivity contribution in [3.8, 4) is 0 Å². The van der Waals surface area contributed by atoms with E-state index >= 15 is 0 Å². The molecule has 2 aliphatic heterocycles. The number of rotatable bonds is 5. The Balaban J connectivity index is 1.38. The monoisotopic (exact) mass is 544 g/mol. The van der Waals surface area contributed by atoms with Gasteiger partial charge in [-0.3, -0.25) is 14.2 Å². The quantitative estimate of drug-likeness (QED) is 0.393. The number of carbonyl (C=O) groups is 1. The van der Waals surface area contributed by atoms with Gasteiger partial charge >= 0.3 is 0 Å². The molecule has 1 atom stereocenters. The number of anilines is 2. The van der Waals surface area contributed by atoms with Crippen LogP contribution in [0.15, 0.2) is 85.5 Å². The van der Waals surface area contributed by atoms with Crippen molar-refractivity contribution < 1.29 is 9.21 Å². The summed E-state index contributed by atoms with van der Waals surface area (Å²) in [6, 6.07) is 16.5. The Morgan fingerprint density at radius 2 is 1.89 bits per heavy atom. The summed E-state index contributed by atoms with van der Waals surface area (Å²) in [4.78, 5) is 35.7. The minimum absolute atomic E-state index is 0.186. The first kappa shape index (κ1) is 24.6. The lowest BCUT2D eigenvalue weighted by atomic mass is 9.99. The minimum atomic E-state index is -0.556. The molecule has 0 unspecified atom stereocenters. The molecule has 7 nitrogen and oxygen atoms in total. The van der Waals surface area contributed by atoms with Crippen molar-refractivity contribution in [1.29, 1.82) is 0 Å². The van der Waals surface area contributed by atoms with Crippen molar-refractivity contribution in [3.63, 3.8) is 0 Å². The largest absolute Gasteiger partial charge is 0.441 e. The second-order valence-corrected chi connectivity index (χ2v) is 11.8. The lowest BCUT2D eigenvalue weighted by molar-refractivity contribution is -0.113. The number of thiazole rings is 1. The third kappa shape index (κ3) is 4.68. The Hall–Kier alpha value is -3.69. The van der Waals surface area contributed by atoms with E-state index in [2.05, 4.69) is 17.1 Å². The van der Waals surface area contributed by atoms with Crippen LogP contribution in [-0.4, -0.2) is 23.6 Å². The lowest BCUT2D eigenvalue weighted by Gasteiger charge is -2.29. The molecule has 3 aromatic heterocycles. The summed E-state index contributed by atoms with van der Waals surface area (Å²) in [5.41, 5.74) is 1.57. The van der Waals surface area contributed by atoms with E-state index in [1.54, 1.807) is 10.6 Å². The highest BCUT2D eigenvalue weighted by Crippen LogP contribution is 2.33. The van der Waals surface area contributed by atoms with Crippen molar-refractivity contribution >= 4 is 46.2 Å². The van der Waals surface area contributed by atoms with E-state index in [0.717, 1.165) is 42.6 Å². The van der Waals surface area contributed by atoms with Crippen LogP contribution in [0.2, 0.25) is 0 Å². The van der Waals surface area contributed by atoms with Gasteiger partial charge in [-0.25, -0.2) is 4.99 Å². The van der Waals surface area contributed by atoms with Crippen molar-refractivity contribution in [2.45, 2.75) is 32.7 Å². The highest BCUT2D eigenvalue weighted by Gasteiger charge is 2.33. The Morgan fingerprint density at radius 1 is 1.11 bits per heavy atom. The molecule has 6 rings (SSSR count). The predicted molar refractivity (Wildman–Crippen MR) is 152 cm³/mol. The van der Waals surface area contributed by atoms with Crippen molar-refractivity contribution in [2.75, 3.05) is 23.3 Å².